The van der Waals surface area contributed by atoms with Gasteiger partial charge in [0, 0.05) is 11.6 Å². The van der Waals surface area contributed by atoms with E-state index in [1.54, 1.807) is 6.92 Å². The summed E-state index contributed by atoms with van der Waals surface area (Å²) in [6, 6.07) is 3.96. The fourth-order valence-corrected chi connectivity index (χ4v) is 1.74. The number of nitrogens with one attached hydrogen (secondary N) is 1. The molecule has 5 heteroatoms. The lowest BCUT2D eigenvalue weighted by Gasteiger charge is -2.19. The molecule has 1 N–H and O–H groups in total. The van der Waals surface area contributed by atoms with Crippen molar-refractivity contribution in [3.8, 4) is 5.75 Å². The van der Waals surface area contributed by atoms with Crippen molar-refractivity contribution in [3.05, 3.63) is 29.6 Å². The van der Waals surface area contributed by atoms with Crippen LogP contribution in [-0.4, -0.2) is 24.3 Å². The van der Waals surface area contributed by atoms with Gasteiger partial charge in [-0.15, -0.1) is 0 Å². The Bertz CT molecular complexity index is 472. The Morgan fingerprint density at radius 1 is 1.40 bits per heavy atom. The normalized spacial score (nSPS) is 12.1. The second kappa shape index (κ2) is 7.62. The molecule has 1 atom stereocenters. The maximum absolute atomic E-state index is 13.6. The summed E-state index contributed by atoms with van der Waals surface area (Å²) in [6.45, 7) is 5.53. The molecule has 0 aliphatic carbocycles. The number of rotatable bonds is 7. The second-order valence-corrected chi connectivity index (χ2v) is 4.59. The van der Waals surface area contributed by atoms with Crippen molar-refractivity contribution in [2.24, 2.45) is 0 Å². The molecule has 1 unspecified atom stereocenters. The van der Waals surface area contributed by atoms with Crippen molar-refractivity contribution in [1.82, 2.24) is 5.32 Å². The molecule has 0 saturated carbocycles. The summed E-state index contributed by atoms with van der Waals surface area (Å²) in [7, 11) is 0. The lowest BCUT2D eigenvalue weighted by Crippen LogP contribution is -2.42. The average Bonchev–Trinajstić information content (AvgIpc) is 2.46. The van der Waals surface area contributed by atoms with Crippen molar-refractivity contribution >= 4 is 12.2 Å². The van der Waals surface area contributed by atoms with Crippen LogP contribution in [0.15, 0.2) is 18.2 Å². The van der Waals surface area contributed by atoms with Gasteiger partial charge in [-0.2, -0.15) is 0 Å². The molecule has 0 radical (unpaired) electrons. The number of aldehydes is 1. The van der Waals surface area contributed by atoms with Crippen LogP contribution in [0.4, 0.5) is 4.39 Å². The molecule has 4 nitrogen and oxygen atoms in total. The molecular weight excluding hydrogens is 261 g/mol. The van der Waals surface area contributed by atoms with E-state index in [4.69, 9.17) is 4.74 Å². The number of ether oxygens (including phenoxy) is 1. The zero-order valence-electron chi connectivity index (χ0n) is 12.0. The van der Waals surface area contributed by atoms with Crippen LogP contribution in [-0.2, 0) is 4.79 Å². The summed E-state index contributed by atoms with van der Waals surface area (Å²) in [5.41, 5.74) is 0.226. The SMILES string of the molecule is CCC(CC)NC(=O)C(C)Oc1ccc(C=O)cc1F. The molecule has 1 rings (SSSR count). The largest absolute Gasteiger partial charge is 0.478 e. The topological polar surface area (TPSA) is 55.4 Å². The fraction of sp³-hybridized carbons (Fsp3) is 0.467. The average molecular weight is 281 g/mol. The molecule has 110 valence electrons. The van der Waals surface area contributed by atoms with Crippen molar-refractivity contribution < 1.29 is 18.7 Å². The van der Waals surface area contributed by atoms with Crippen LogP contribution < -0.4 is 10.1 Å². The molecule has 0 bridgehead atoms. The van der Waals surface area contributed by atoms with Crippen molar-refractivity contribution in [1.29, 1.82) is 0 Å². The molecule has 0 aliphatic rings. The Morgan fingerprint density at radius 3 is 2.55 bits per heavy atom. The Labute approximate surface area is 118 Å². The van der Waals surface area contributed by atoms with Crippen LogP contribution in [0.2, 0.25) is 0 Å². The molecule has 1 aromatic carbocycles. The molecule has 1 aromatic rings. The predicted octanol–water partition coefficient (Wildman–Crippen LogP) is 2.71. The van der Waals surface area contributed by atoms with E-state index < -0.39 is 11.9 Å². The standard InChI is InChI=1S/C15H20FNO3/c1-4-12(5-2)17-15(19)10(3)20-14-7-6-11(9-18)8-13(14)16/h6-10,12H,4-5H2,1-3H3,(H,17,19). The van der Waals surface area contributed by atoms with Gasteiger partial charge < -0.3 is 10.1 Å². The van der Waals surface area contributed by atoms with Gasteiger partial charge in [-0.1, -0.05) is 13.8 Å². The van der Waals surface area contributed by atoms with Crippen LogP contribution in [0.1, 0.15) is 44.0 Å². The number of halogens is 1. The number of hydrogen-bond acceptors (Lipinski definition) is 3. The van der Waals surface area contributed by atoms with Crippen molar-refractivity contribution in [2.45, 2.75) is 45.8 Å². The summed E-state index contributed by atoms with van der Waals surface area (Å²) in [5, 5.41) is 2.84. The first-order valence-electron chi connectivity index (χ1n) is 6.73. The maximum Gasteiger partial charge on any atom is 0.260 e. The molecule has 0 spiro atoms. The van der Waals surface area contributed by atoms with E-state index in [1.807, 2.05) is 13.8 Å². The Balaban J connectivity index is 2.68. The molecule has 20 heavy (non-hydrogen) atoms. The lowest BCUT2D eigenvalue weighted by atomic mass is 10.1. The minimum absolute atomic E-state index is 0.0391. The highest BCUT2D eigenvalue weighted by Gasteiger charge is 2.18. The van der Waals surface area contributed by atoms with Gasteiger partial charge in [-0.3, -0.25) is 9.59 Å². The summed E-state index contributed by atoms with van der Waals surface area (Å²) in [4.78, 5) is 22.4. The molecule has 0 heterocycles. The zero-order valence-corrected chi connectivity index (χ0v) is 12.0. The smallest absolute Gasteiger partial charge is 0.260 e. The summed E-state index contributed by atoms with van der Waals surface area (Å²) >= 11 is 0. The van der Waals surface area contributed by atoms with Crippen molar-refractivity contribution in [3.63, 3.8) is 0 Å². The first-order chi connectivity index (χ1) is 9.51. The van der Waals surface area contributed by atoms with Crippen LogP contribution in [0.25, 0.3) is 0 Å². The van der Waals surface area contributed by atoms with Gasteiger partial charge in [0.15, 0.2) is 17.7 Å². The van der Waals surface area contributed by atoms with Gasteiger partial charge >= 0.3 is 0 Å². The quantitative estimate of drug-likeness (QED) is 0.782. The highest BCUT2D eigenvalue weighted by molar-refractivity contribution is 5.81. The van der Waals surface area contributed by atoms with Gasteiger partial charge in [-0.05, 0) is 38.0 Å². The highest BCUT2D eigenvalue weighted by Crippen LogP contribution is 2.19. The Hall–Kier alpha value is -1.91. The lowest BCUT2D eigenvalue weighted by molar-refractivity contribution is -0.128. The third-order valence-electron chi connectivity index (χ3n) is 3.10. The number of carbonyl (C=O) groups is 2. The number of benzene rings is 1. The maximum atomic E-state index is 13.6. The summed E-state index contributed by atoms with van der Waals surface area (Å²) in [6.07, 6.45) is 1.41. The molecule has 0 saturated heterocycles. The Kier molecular flexibility index (Phi) is 6.15. The molecule has 0 aromatic heterocycles. The van der Waals surface area contributed by atoms with E-state index in [0.717, 1.165) is 18.9 Å². The molecular formula is C15H20FNO3. The predicted molar refractivity (Wildman–Crippen MR) is 74.4 cm³/mol. The third kappa shape index (κ3) is 4.33. The second-order valence-electron chi connectivity index (χ2n) is 4.59. The van der Waals surface area contributed by atoms with Gasteiger partial charge in [0.1, 0.15) is 6.29 Å². The summed E-state index contributed by atoms with van der Waals surface area (Å²) in [5.74, 6) is -0.975. The monoisotopic (exact) mass is 281 g/mol. The number of carbonyl (C=O) groups excluding carboxylic acids is 2. The van der Waals surface area contributed by atoms with E-state index in [0.29, 0.717) is 6.29 Å². The number of amides is 1. The first kappa shape index (κ1) is 16.1. The van der Waals surface area contributed by atoms with Crippen LogP contribution in [0.5, 0.6) is 5.75 Å². The summed E-state index contributed by atoms with van der Waals surface area (Å²) < 4.78 is 18.9. The van der Waals surface area contributed by atoms with E-state index >= 15 is 0 Å². The minimum Gasteiger partial charge on any atom is -0.478 e. The van der Waals surface area contributed by atoms with E-state index in [1.165, 1.54) is 12.1 Å². The van der Waals surface area contributed by atoms with Crippen LogP contribution >= 0.6 is 0 Å². The van der Waals surface area contributed by atoms with E-state index in [-0.39, 0.29) is 23.3 Å². The van der Waals surface area contributed by atoms with Gasteiger partial charge in [0.25, 0.3) is 5.91 Å². The third-order valence-corrected chi connectivity index (χ3v) is 3.10. The molecule has 0 fully saturated rings. The van der Waals surface area contributed by atoms with Gasteiger partial charge in [0.05, 0.1) is 0 Å². The highest BCUT2D eigenvalue weighted by atomic mass is 19.1. The fourth-order valence-electron chi connectivity index (χ4n) is 1.74. The molecule has 1 amide bonds. The zero-order chi connectivity index (χ0) is 15.1. The first-order valence-corrected chi connectivity index (χ1v) is 6.73. The van der Waals surface area contributed by atoms with Crippen LogP contribution in [0, 0.1) is 5.82 Å². The van der Waals surface area contributed by atoms with Crippen LogP contribution in [0.3, 0.4) is 0 Å². The van der Waals surface area contributed by atoms with E-state index in [2.05, 4.69) is 5.32 Å². The van der Waals surface area contributed by atoms with Gasteiger partial charge in [-0.25, -0.2) is 4.39 Å². The Morgan fingerprint density at radius 2 is 2.05 bits per heavy atom. The van der Waals surface area contributed by atoms with E-state index in [9.17, 15) is 14.0 Å². The van der Waals surface area contributed by atoms with Gasteiger partial charge in [0.2, 0.25) is 0 Å². The van der Waals surface area contributed by atoms with Crippen molar-refractivity contribution in [2.75, 3.05) is 0 Å². The molecule has 0 aliphatic heterocycles. The number of hydrogen-bond donors (Lipinski definition) is 1. The minimum atomic E-state index is -0.799.